The van der Waals surface area contributed by atoms with Gasteiger partial charge in [0.25, 0.3) is 5.69 Å². The molecule has 3 rings (SSSR count). The summed E-state index contributed by atoms with van der Waals surface area (Å²) in [4.78, 5) is 12.9. The lowest BCUT2D eigenvalue weighted by atomic mass is 10.2. The Hall–Kier alpha value is -1.14. The number of anilines is 1. The van der Waals surface area contributed by atoms with Crippen LogP contribution in [0.2, 0.25) is 0 Å². The predicted molar refractivity (Wildman–Crippen MR) is 82.0 cm³/mol. The highest BCUT2D eigenvalue weighted by Gasteiger charge is 2.38. The van der Waals surface area contributed by atoms with Crippen LogP contribution in [-0.4, -0.2) is 34.5 Å². The van der Waals surface area contributed by atoms with Crippen molar-refractivity contribution >= 4 is 27.3 Å². The smallest absolute Gasteiger partial charge is 0.270 e. The van der Waals surface area contributed by atoms with E-state index in [1.807, 2.05) is 0 Å². The maximum Gasteiger partial charge on any atom is 0.270 e. The number of rotatable bonds is 4. The average molecular weight is 340 g/mol. The minimum absolute atomic E-state index is 0.113. The third-order valence-electron chi connectivity index (χ3n) is 4.16. The van der Waals surface area contributed by atoms with E-state index in [0.29, 0.717) is 12.1 Å². The van der Waals surface area contributed by atoms with Crippen molar-refractivity contribution in [1.29, 1.82) is 0 Å². The van der Waals surface area contributed by atoms with E-state index < -0.39 is 0 Å². The van der Waals surface area contributed by atoms with E-state index in [1.165, 1.54) is 12.8 Å². The normalized spacial score (nSPS) is 26.7. The van der Waals surface area contributed by atoms with Crippen LogP contribution in [-0.2, 0) is 0 Å². The van der Waals surface area contributed by atoms with Gasteiger partial charge in [-0.3, -0.25) is 15.0 Å². The van der Waals surface area contributed by atoms with Gasteiger partial charge in [0.1, 0.15) is 0 Å². The number of halogens is 1. The van der Waals surface area contributed by atoms with Crippen LogP contribution in [0.15, 0.2) is 22.7 Å². The molecule has 6 heteroatoms. The summed E-state index contributed by atoms with van der Waals surface area (Å²) in [6.45, 7) is 3.35. The van der Waals surface area contributed by atoms with Crippen molar-refractivity contribution in [3.63, 3.8) is 0 Å². The zero-order chi connectivity index (χ0) is 14.3. The van der Waals surface area contributed by atoms with Gasteiger partial charge < -0.3 is 5.32 Å². The van der Waals surface area contributed by atoms with Gasteiger partial charge in [-0.05, 0) is 48.2 Å². The van der Waals surface area contributed by atoms with E-state index in [-0.39, 0.29) is 10.6 Å². The van der Waals surface area contributed by atoms with Crippen molar-refractivity contribution < 1.29 is 4.92 Å². The molecule has 2 atom stereocenters. The van der Waals surface area contributed by atoms with Gasteiger partial charge in [-0.15, -0.1) is 0 Å². The van der Waals surface area contributed by atoms with Crippen molar-refractivity contribution in [3.8, 4) is 0 Å². The van der Waals surface area contributed by atoms with Crippen molar-refractivity contribution in [2.24, 2.45) is 0 Å². The molecule has 1 N–H and O–H groups in total. The summed E-state index contributed by atoms with van der Waals surface area (Å²) in [5.41, 5.74) is 1.05. The molecular weight excluding hydrogens is 322 g/mol. The Bertz CT molecular complexity index is 533. The first kappa shape index (κ1) is 13.8. The van der Waals surface area contributed by atoms with Crippen LogP contribution in [0, 0.1) is 10.1 Å². The van der Waals surface area contributed by atoms with Gasteiger partial charge in [0, 0.05) is 47.0 Å². The van der Waals surface area contributed by atoms with Crippen molar-refractivity contribution in [2.75, 3.05) is 11.9 Å². The van der Waals surface area contributed by atoms with Crippen LogP contribution in [0.4, 0.5) is 11.4 Å². The lowest BCUT2D eigenvalue weighted by Gasteiger charge is -2.20. The molecule has 2 unspecified atom stereocenters. The highest BCUT2D eigenvalue weighted by molar-refractivity contribution is 9.10. The fourth-order valence-corrected chi connectivity index (χ4v) is 3.51. The second-order valence-electron chi connectivity index (χ2n) is 5.78. The Morgan fingerprint density at radius 1 is 1.45 bits per heavy atom. The third-order valence-corrected chi connectivity index (χ3v) is 4.82. The number of nitro groups is 1. The molecular formula is C14H18BrN3O2. The number of non-ortho nitro benzene ring substituents is 1. The second-order valence-corrected chi connectivity index (χ2v) is 6.63. The Labute approximate surface area is 126 Å². The summed E-state index contributed by atoms with van der Waals surface area (Å²) < 4.78 is 0.754. The molecule has 1 aromatic carbocycles. The monoisotopic (exact) mass is 339 g/mol. The van der Waals surface area contributed by atoms with Crippen LogP contribution in [0.25, 0.3) is 0 Å². The summed E-state index contributed by atoms with van der Waals surface area (Å²) in [7, 11) is 0. The predicted octanol–water partition coefficient (Wildman–Crippen LogP) is 3.39. The zero-order valence-electron chi connectivity index (χ0n) is 11.4. The lowest BCUT2D eigenvalue weighted by Crippen LogP contribution is -2.31. The van der Waals surface area contributed by atoms with E-state index in [2.05, 4.69) is 33.1 Å². The summed E-state index contributed by atoms with van der Waals surface area (Å²) in [6, 6.07) is 6.72. The molecule has 0 bridgehead atoms. The number of likely N-dealkylation sites (tertiary alicyclic amines) is 1. The number of nitrogens with zero attached hydrogens (tertiary/aromatic N) is 2. The van der Waals surface area contributed by atoms with Crippen molar-refractivity contribution in [1.82, 2.24) is 4.90 Å². The maximum absolute atomic E-state index is 10.7. The molecule has 20 heavy (non-hydrogen) atoms. The first-order valence-electron chi connectivity index (χ1n) is 7.01. The van der Waals surface area contributed by atoms with Gasteiger partial charge in [0.05, 0.1) is 4.92 Å². The van der Waals surface area contributed by atoms with Gasteiger partial charge in [-0.1, -0.05) is 0 Å². The molecule has 2 fully saturated rings. The number of hydrogen-bond acceptors (Lipinski definition) is 4. The number of hydrogen-bond donors (Lipinski definition) is 1. The highest BCUT2D eigenvalue weighted by atomic mass is 79.9. The van der Waals surface area contributed by atoms with Gasteiger partial charge in [0.2, 0.25) is 0 Å². The molecule has 0 radical (unpaired) electrons. The fraction of sp³-hybridized carbons (Fsp3) is 0.571. The number of nitro benzene ring substituents is 1. The molecule has 0 amide bonds. The topological polar surface area (TPSA) is 58.4 Å². The van der Waals surface area contributed by atoms with Gasteiger partial charge >= 0.3 is 0 Å². The molecule has 108 valence electrons. The number of nitrogens with one attached hydrogen (secondary N) is 1. The van der Waals surface area contributed by atoms with E-state index in [1.54, 1.807) is 18.2 Å². The van der Waals surface area contributed by atoms with E-state index in [9.17, 15) is 10.1 Å². The van der Waals surface area contributed by atoms with Crippen LogP contribution < -0.4 is 5.32 Å². The van der Waals surface area contributed by atoms with Crippen LogP contribution in [0.5, 0.6) is 0 Å². The first-order valence-corrected chi connectivity index (χ1v) is 7.80. The van der Waals surface area contributed by atoms with Gasteiger partial charge in [-0.25, -0.2) is 0 Å². The quantitative estimate of drug-likeness (QED) is 0.674. The second kappa shape index (κ2) is 5.33. The third kappa shape index (κ3) is 2.81. The first-order chi connectivity index (χ1) is 9.54. The molecule has 1 saturated heterocycles. The van der Waals surface area contributed by atoms with Crippen LogP contribution >= 0.6 is 15.9 Å². The minimum atomic E-state index is -0.374. The molecule has 1 aliphatic carbocycles. The Morgan fingerprint density at radius 3 is 2.80 bits per heavy atom. The molecule has 2 aliphatic rings. The molecule has 5 nitrogen and oxygen atoms in total. The molecule has 1 aromatic rings. The molecule has 0 spiro atoms. The van der Waals surface area contributed by atoms with Crippen LogP contribution in [0.1, 0.15) is 26.2 Å². The minimum Gasteiger partial charge on any atom is -0.380 e. The SMILES string of the molecule is CC1CC(Nc2ccc([N+](=O)[O-])cc2Br)CN1C1CC1. The molecule has 0 aromatic heterocycles. The summed E-state index contributed by atoms with van der Waals surface area (Å²) in [5, 5.41) is 14.2. The maximum atomic E-state index is 10.7. The van der Waals surface area contributed by atoms with E-state index in [4.69, 9.17) is 0 Å². The largest absolute Gasteiger partial charge is 0.380 e. The average Bonchev–Trinajstić information content (AvgIpc) is 3.16. The van der Waals surface area contributed by atoms with Crippen molar-refractivity contribution in [2.45, 2.75) is 44.3 Å². The Morgan fingerprint density at radius 2 is 2.20 bits per heavy atom. The van der Waals surface area contributed by atoms with E-state index >= 15 is 0 Å². The summed E-state index contributed by atoms with van der Waals surface area (Å²) in [6.07, 6.45) is 3.79. The summed E-state index contributed by atoms with van der Waals surface area (Å²) >= 11 is 3.41. The Balaban J connectivity index is 1.67. The van der Waals surface area contributed by atoms with Gasteiger partial charge in [0.15, 0.2) is 0 Å². The Kier molecular flexibility index (Phi) is 3.69. The van der Waals surface area contributed by atoms with Crippen LogP contribution in [0.3, 0.4) is 0 Å². The van der Waals surface area contributed by atoms with Crippen molar-refractivity contribution in [3.05, 3.63) is 32.8 Å². The summed E-state index contributed by atoms with van der Waals surface area (Å²) in [5.74, 6) is 0. The van der Waals surface area contributed by atoms with Gasteiger partial charge in [-0.2, -0.15) is 0 Å². The standard InChI is InChI=1S/C14H18BrN3O2/c1-9-6-10(8-17(9)11-2-3-11)16-14-5-4-12(18(19)20)7-13(14)15/h4-5,7,9-11,16H,2-3,6,8H2,1H3. The molecule has 1 heterocycles. The van der Waals surface area contributed by atoms with E-state index in [0.717, 1.165) is 29.2 Å². The lowest BCUT2D eigenvalue weighted by molar-refractivity contribution is -0.384. The number of benzene rings is 1. The zero-order valence-corrected chi connectivity index (χ0v) is 13.0. The molecule has 1 aliphatic heterocycles. The fourth-order valence-electron chi connectivity index (χ4n) is 3.03. The molecule has 1 saturated carbocycles. The highest BCUT2D eigenvalue weighted by Crippen LogP contribution is 2.35.